The van der Waals surface area contributed by atoms with E-state index in [0.29, 0.717) is 69.1 Å². The van der Waals surface area contributed by atoms with Crippen molar-refractivity contribution in [1.82, 2.24) is 5.32 Å². The number of hydrogen-bond donors (Lipinski definition) is 3. The van der Waals surface area contributed by atoms with Crippen LogP contribution in [0.5, 0.6) is 0 Å². The average Bonchev–Trinajstić information content (AvgIpc) is 3.89. The Morgan fingerprint density at radius 3 is 2.53 bits per heavy atom. The molecule has 0 unspecified atom stereocenters. The minimum Gasteiger partial charge on any atom is -0.469 e. The summed E-state index contributed by atoms with van der Waals surface area (Å²) in [5.74, 6) is -3.28. The highest BCUT2D eigenvalue weighted by molar-refractivity contribution is 5.69. The van der Waals surface area contributed by atoms with E-state index in [4.69, 9.17) is 42.6 Å². The van der Waals surface area contributed by atoms with Gasteiger partial charge >= 0.3 is 5.97 Å². The molecule has 9 heterocycles. The van der Waals surface area contributed by atoms with Crippen LogP contribution in [0.25, 0.3) is 0 Å². The van der Waals surface area contributed by atoms with Crippen molar-refractivity contribution >= 4 is 5.97 Å². The molecule has 13 heteroatoms. The maximum Gasteiger partial charge on any atom is 0.305 e. The maximum absolute atomic E-state index is 12.2. The molecule has 60 heavy (non-hydrogen) atoms. The van der Waals surface area contributed by atoms with Crippen LogP contribution in [0, 0.1) is 29.6 Å². The predicted octanol–water partition coefficient (Wildman–Crippen LogP) is 6.10. The van der Waals surface area contributed by atoms with E-state index in [1.807, 2.05) is 18.2 Å². The molecule has 9 aliphatic heterocycles. The molecule has 0 saturated carbocycles. The van der Waals surface area contributed by atoms with E-state index >= 15 is 0 Å². The third-order valence-electron chi connectivity index (χ3n) is 15.7. The number of fused-ring (bicyclic) bond motifs is 5. The number of allylic oxidation sites excluding steroid dienone is 1. The number of nitrogens with one attached hydrogen (secondary N) is 1. The minimum absolute atomic E-state index is 0.00194. The molecule has 9 aliphatic rings. The average molecular weight is 842 g/mol. The number of esters is 1. The molecule has 9 rings (SSSR count). The third kappa shape index (κ3) is 8.03. The summed E-state index contributed by atoms with van der Waals surface area (Å²) in [6.07, 6.45) is 13.5. The zero-order chi connectivity index (χ0) is 42.2. The van der Waals surface area contributed by atoms with Gasteiger partial charge in [0.05, 0.1) is 49.8 Å². The highest BCUT2D eigenvalue weighted by atomic mass is 16.8. The largest absolute Gasteiger partial charge is 0.469 e. The van der Waals surface area contributed by atoms with Crippen LogP contribution in [0.4, 0.5) is 0 Å². The lowest BCUT2D eigenvalue weighted by Crippen LogP contribution is -2.60. The van der Waals surface area contributed by atoms with Gasteiger partial charge in [0, 0.05) is 63.8 Å². The smallest absolute Gasteiger partial charge is 0.305 e. The predicted molar refractivity (Wildman–Crippen MR) is 219 cm³/mol. The van der Waals surface area contributed by atoms with Crippen molar-refractivity contribution in [3.8, 4) is 0 Å². The van der Waals surface area contributed by atoms with E-state index in [0.717, 1.165) is 44.2 Å². The highest BCUT2D eigenvalue weighted by Crippen LogP contribution is 2.55. The SMILES string of the molecule is C=C(C[C@@]12C[C@@H](C)C[C@@H](O1)[C@H]1O[C@]3(C[C@H]1O2)NC[C@H](C)C[C@@H]3C)[C@H]1O[C@@](O)([C@H](O)[C@@H]2C[C@H]3O[C@@]4(CC[C@]5(C=CC[C@@H](/C=C/CCC(=O)OC)O5)O4)[C@H](C)C[C@H]3O2)CC[C@@H]1C. The van der Waals surface area contributed by atoms with Crippen molar-refractivity contribution < 1.29 is 57.6 Å². The van der Waals surface area contributed by atoms with Gasteiger partial charge in [-0.15, -0.1) is 0 Å². The zero-order valence-corrected chi connectivity index (χ0v) is 36.7. The minimum atomic E-state index is -1.83. The summed E-state index contributed by atoms with van der Waals surface area (Å²) in [7, 11) is 1.40. The van der Waals surface area contributed by atoms with E-state index in [-0.39, 0.29) is 60.8 Å². The fourth-order valence-corrected chi connectivity index (χ4v) is 12.5. The van der Waals surface area contributed by atoms with Gasteiger partial charge < -0.3 is 52.8 Å². The highest BCUT2D eigenvalue weighted by Gasteiger charge is 2.63. The molecule has 19 atom stereocenters. The van der Waals surface area contributed by atoms with Gasteiger partial charge in [0.25, 0.3) is 0 Å². The second-order valence-electron chi connectivity index (χ2n) is 20.6. The fraction of sp³-hybridized carbons (Fsp3) is 0.851. The normalized spacial score (nSPS) is 51.6. The van der Waals surface area contributed by atoms with Crippen molar-refractivity contribution in [2.75, 3.05) is 13.7 Å². The van der Waals surface area contributed by atoms with Crippen LogP contribution in [0.2, 0.25) is 0 Å². The first kappa shape index (κ1) is 43.5. The topological polar surface area (TPSA) is 153 Å². The number of carbonyl (C=O) groups is 1. The van der Waals surface area contributed by atoms with Crippen molar-refractivity contribution in [3.05, 3.63) is 36.5 Å². The number of carbonyl (C=O) groups excluding carboxylic acids is 1. The standard InChI is InChI=1S/C47H71NO12/c1-27-20-36-41-38(25-45(58-41)31(5)19-28(2)26-48-45)56-44(23-27,55-36)24-30(4)40-29(3)14-16-46(51,59-40)42(50)37-22-35-34(53-37)21-32(6)47(57-35)18-17-43(60-47)15-10-12-33(54-43)11-8-9-13-39(49)52-7/h8,10-11,15,27-29,31-38,40-42,48,50-51H,4,9,12-14,16-26H2,1-3,5-7H3/b11-8+/t27-,28+,29-,31-,32+,33+,34+,35+,36+,37-,38+,40-,41+,42+,43-,44-,45-,46+,47+/m0/s1. The van der Waals surface area contributed by atoms with E-state index in [1.54, 1.807) is 0 Å². The van der Waals surface area contributed by atoms with E-state index in [1.165, 1.54) is 7.11 Å². The van der Waals surface area contributed by atoms with Gasteiger partial charge in [-0.25, -0.2) is 0 Å². The lowest BCUT2D eigenvalue weighted by atomic mass is 9.79. The Kier molecular flexibility index (Phi) is 11.9. The molecule has 0 aromatic rings. The van der Waals surface area contributed by atoms with Crippen LogP contribution in [-0.4, -0.2) is 114 Å². The van der Waals surface area contributed by atoms with Crippen molar-refractivity contribution in [1.29, 1.82) is 0 Å². The van der Waals surface area contributed by atoms with Crippen LogP contribution in [0.3, 0.4) is 0 Å². The first-order valence-corrected chi connectivity index (χ1v) is 23.2. The molecule has 3 spiro atoms. The molecule has 13 nitrogen and oxygen atoms in total. The quantitative estimate of drug-likeness (QED) is 0.181. The Balaban J connectivity index is 0.825. The Hall–Kier alpha value is -1.75. The van der Waals surface area contributed by atoms with Crippen LogP contribution in [0.15, 0.2) is 36.5 Å². The van der Waals surface area contributed by atoms with Gasteiger partial charge in [-0.3, -0.25) is 10.1 Å². The van der Waals surface area contributed by atoms with Gasteiger partial charge in [-0.1, -0.05) is 59.4 Å². The summed E-state index contributed by atoms with van der Waals surface area (Å²) in [4.78, 5) is 11.5. The number of rotatable bonds is 9. The molecular weight excluding hydrogens is 771 g/mol. The van der Waals surface area contributed by atoms with Gasteiger partial charge in [0.15, 0.2) is 23.1 Å². The van der Waals surface area contributed by atoms with Gasteiger partial charge in [0.1, 0.15) is 17.9 Å². The molecule has 3 N–H and O–H groups in total. The van der Waals surface area contributed by atoms with Crippen molar-refractivity contribution in [2.45, 2.75) is 208 Å². The summed E-state index contributed by atoms with van der Waals surface area (Å²) in [5.41, 5.74) is 0.404. The maximum atomic E-state index is 12.2. The molecule has 0 radical (unpaired) electrons. The number of hydrogen-bond acceptors (Lipinski definition) is 13. The molecule has 0 aromatic carbocycles. The van der Waals surface area contributed by atoms with E-state index in [9.17, 15) is 15.0 Å². The number of aliphatic hydroxyl groups excluding tert-OH is 1. The molecule has 336 valence electrons. The summed E-state index contributed by atoms with van der Waals surface area (Å²) < 4.78 is 58.8. The first-order valence-electron chi connectivity index (χ1n) is 23.2. The summed E-state index contributed by atoms with van der Waals surface area (Å²) in [6.45, 7) is 16.6. The summed E-state index contributed by atoms with van der Waals surface area (Å²) in [6, 6.07) is 0. The number of methoxy groups -OCH3 is 1. The van der Waals surface area contributed by atoms with Gasteiger partial charge in [-0.2, -0.15) is 0 Å². The summed E-state index contributed by atoms with van der Waals surface area (Å²) in [5, 5.41) is 27.9. The Morgan fingerprint density at radius 1 is 0.917 bits per heavy atom. The van der Waals surface area contributed by atoms with Crippen LogP contribution in [0.1, 0.15) is 125 Å². The van der Waals surface area contributed by atoms with Crippen LogP contribution < -0.4 is 5.32 Å². The monoisotopic (exact) mass is 841 g/mol. The number of aliphatic hydroxyl groups is 2. The third-order valence-corrected chi connectivity index (χ3v) is 15.7. The molecule has 0 aliphatic carbocycles. The number of piperidine rings is 1. The van der Waals surface area contributed by atoms with E-state index < -0.39 is 47.2 Å². The summed E-state index contributed by atoms with van der Waals surface area (Å²) >= 11 is 0. The lowest BCUT2D eigenvalue weighted by molar-refractivity contribution is -0.366. The fourth-order valence-electron chi connectivity index (χ4n) is 12.5. The number of ether oxygens (including phenoxy) is 9. The van der Waals surface area contributed by atoms with Gasteiger partial charge in [-0.05, 0) is 73.8 Å². The second-order valence-corrected chi connectivity index (χ2v) is 20.6. The second kappa shape index (κ2) is 16.4. The Morgan fingerprint density at radius 2 is 1.73 bits per heavy atom. The molecular formula is C47H71NO12. The Bertz CT molecular complexity index is 1680. The molecule has 8 fully saturated rings. The Labute approximate surface area is 356 Å². The van der Waals surface area contributed by atoms with Crippen LogP contribution in [-0.2, 0) is 47.4 Å². The van der Waals surface area contributed by atoms with Gasteiger partial charge in [0.2, 0.25) is 0 Å². The molecule has 2 bridgehead atoms. The van der Waals surface area contributed by atoms with Crippen LogP contribution >= 0.6 is 0 Å². The molecule has 8 saturated heterocycles. The first-order chi connectivity index (χ1) is 28.6. The lowest BCUT2D eigenvalue weighted by Gasteiger charge is -2.52. The van der Waals surface area contributed by atoms with E-state index in [2.05, 4.69) is 52.6 Å². The zero-order valence-electron chi connectivity index (χ0n) is 36.7. The molecule has 0 aromatic heterocycles. The molecule has 0 amide bonds. The van der Waals surface area contributed by atoms with Crippen molar-refractivity contribution in [2.24, 2.45) is 29.6 Å². The van der Waals surface area contributed by atoms with Crippen molar-refractivity contribution in [3.63, 3.8) is 0 Å².